The van der Waals surface area contributed by atoms with Gasteiger partial charge in [0.15, 0.2) is 5.69 Å². The van der Waals surface area contributed by atoms with E-state index in [2.05, 4.69) is 22.2 Å². The molecule has 0 spiro atoms. The molecule has 1 aromatic rings. The van der Waals surface area contributed by atoms with E-state index < -0.39 is 17.2 Å². The molecule has 1 N–H and O–H groups in total. The molecule has 0 saturated heterocycles. The molecule has 0 fully saturated rings. The fraction of sp³-hybridized carbons (Fsp3) is 0.667. The van der Waals surface area contributed by atoms with Gasteiger partial charge in [0.2, 0.25) is 5.28 Å². The Hall–Kier alpha value is -1.04. The Morgan fingerprint density at radius 1 is 1.32 bits per heavy atom. The molecule has 0 radical (unpaired) electrons. The number of nitrogens with one attached hydrogen (secondary N) is 1. The Morgan fingerprint density at radius 2 is 2.00 bits per heavy atom. The highest BCUT2D eigenvalue weighted by Crippen LogP contribution is 2.29. The molecular formula is C12H17ClF3N3. The van der Waals surface area contributed by atoms with Crippen molar-refractivity contribution in [3.05, 3.63) is 17.0 Å². The zero-order valence-corrected chi connectivity index (χ0v) is 11.6. The van der Waals surface area contributed by atoms with Crippen LogP contribution < -0.4 is 5.32 Å². The van der Waals surface area contributed by atoms with Crippen LogP contribution in [0, 0.1) is 0 Å². The number of nitrogens with zero attached hydrogens (tertiary/aromatic N) is 2. The standard InChI is InChI=1S/C12H17ClF3N3/c1-3-4-5-6-8(2)17-10-7-9(12(14,15)16)18-11(13)19-10/h7-8H,3-6H2,1-2H3,(H,17,18,19). The predicted octanol–water partition coefficient (Wildman–Crippen LogP) is 4.53. The van der Waals surface area contributed by atoms with Gasteiger partial charge >= 0.3 is 6.18 Å². The lowest BCUT2D eigenvalue weighted by molar-refractivity contribution is -0.141. The highest BCUT2D eigenvalue weighted by molar-refractivity contribution is 6.28. The molecule has 7 heteroatoms. The third kappa shape index (κ3) is 5.63. The van der Waals surface area contributed by atoms with Crippen LogP contribution in [0.15, 0.2) is 6.07 Å². The van der Waals surface area contributed by atoms with Crippen molar-refractivity contribution in [2.45, 2.75) is 51.7 Å². The van der Waals surface area contributed by atoms with E-state index in [9.17, 15) is 13.2 Å². The molecule has 0 aliphatic rings. The first-order valence-corrected chi connectivity index (χ1v) is 6.59. The average molecular weight is 296 g/mol. The molecule has 1 rings (SSSR count). The van der Waals surface area contributed by atoms with Crippen molar-refractivity contribution in [3.63, 3.8) is 0 Å². The van der Waals surface area contributed by atoms with Crippen molar-refractivity contribution in [3.8, 4) is 0 Å². The number of hydrogen-bond donors (Lipinski definition) is 1. The van der Waals surface area contributed by atoms with Gasteiger partial charge < -0.3 is 5.32 Å². The first-order valence-electron chi connectivity index (χ1n) is 6.21. The van der Waals surface area contributed by atoms with Gasteiger partial charge in [0, 0.05) is 12.1 Å². The van der Waals surface area contributed by atoms with Gasteiger partial charge in [-0.25, -0.2) is 9.97 Å². The summed E-state index contributed by atoms with van der Waals surface area (Å²) in [6.07, 6.45) is -0.421. The molecule has 0 aliphatic carbocycles. The maximum atomic E-state index is 12.6. The third-order valence-electron chi connectivity index (χ3n) is 2.62. The monoisotopic (exact) mass is 295 g/mol. The summed E-state index contributed by atoms with van der Waals surface area (Å²) in [4.78, 5) is 6.94. The normalized spacial score (nSPS) is 13.4. The average Bonchev–Trinajstić information content (AvgIpc) is 2.27. The second-order valence-corrected chi connectivity index (χ2v) is 4.78. The van der Waals surface area contributed by atoms with Gasteiger partial charge in [-0.05, 0) is 24.9 Å². The molecular weight excluding hydrogens is 279 g/mol. The van der Waals surface area contributed by atoms with Crippen LogP contribution in [0.5, 0.6) is 0 Å². The summed E-state index contributed by atoms with van der Waals surface area (Å²) in [6.45, 7) is 4.00. The number of unbranched alkanes of at least 4 members (excludes halogenated alkanes) is 2. The number of rotatable bonds is 6. The minimum Gasteiger partial charge on any atom is -0.367 e. The van der Waals surface area contributed by atoms with Crippen molar-refractivity contribution < 1.29 is 13.2 Å². The second-order valence-electron chi connectivity index (χ2n) is 4.45. The van der Waals surface area contributed by atoms with Gasteiger partial charge in [-0.3, -0.25) is 0 Å². The van der Waals surface area contributed by atoms with Crippen LogP contribution in [0.4, 0.5) is 19.0 Å². The van der Waals surface area contributed by atoms with E-state index in [0.29, 0.717) is 0 Å². The largest absolute Gasteiger partial charge is 0.433 e. The van der Waals surface area contributed by atoms with E-state index in [1.807, 2.05) is 6.92 Å². The van der Waals surface area contributed by atoms with E-state index in [0.717, 1.165) is 31.7 Å². The van der Waals surface area contributed by atoms with Crippen molar-refractivity contribution in [1.29, 1.82) is 0 Å². The van der Waals surface area contributed by atoms with Crippen LogP contribution in [0.3, 0.4) is 0 Å². The quantitative estimate of drug-likeness (QED) is 0.619. The molecule has 1 aromatic heterocycles. The molecule has 1 heterocycles. The molecule has 108 valence electrons. The number of aromatic nitrogens is 2. The van der Waals surface area contributed by atoms with Crippen molar-refractivity contribution in [2.75, 3.05) is 5.32 Å². The zero-order valence-electron chi connectivity index (χ0n) is 10.9. The van der Waals surface area contributed by atoms with Gasteiger partial charge in [0.1, 0.15) is 5.82 Å². The Bertz CT molecular complexity index is 410. The first-order chi connectivity index (χ1) is 8.82. The Balaban J connectivity index is 2.70. The molecule has 3 nitrogen and oxygen atoms in total. The van der Waals surface area contributed by atoms with Crippen molar-refractivity contribution in [2.24, 2.45) is 0 Å². The minimum atomic E-state index is -4.52. The van der Waals surface area contributed by atoms with E-state index in [4.69, 9.17) is 11.6 Å². The molecule has 0 bridgehead atoms. The number of anilines is 1. The van der Waals surface area contributed by atoms with Gasteiger partial charge in [-0.2, -0.15) is 13.2 Å². The predicted molar refractivity (Wildman–Crippen MR) is 69.3 cm³/mol. The summed E-state index contributed by atoms with van der Waals surface area (Å²) in [5.41, 5.74) is -1.03. The van der Waals surface area contributed by atoms with Gasteiger partial charge in [-0.15, -0.1) is 0 Å². The fourth-order valence-electron chi connectivity index (χ4n) is 1.66. The lowest BCUT2D eigenvalue weighted by Crippen LogP contribution is -2.17. The third-order valence-corrected chi connectivity index (χ3v) is 2.79. The Morgan fingerprint density at radius 3 is 2.58 bits per heavy atom. The number of alkyl halides is 3. The van der Waals surface area contributed by atoms with Crippen molar-refractivity contribution >= 4 is 17.4 Å². The van der Waals surface area contributed by atoms with Crippen LogP contribution in [0.2, 0.25) is 5.28 Å². The molecule has 19 heavy (non-hydrogen) atoms. The Labute approximate surface area is 115 Å². The lowest BCUT2D eigenvalue weighted by Gasteiger charge is -2.15. The summed E-state index contributed by atoms with van der Waals surface area (Å²) in [5.74, 6) is 0.108. The van der Waals surface area contributed by atoms with E-state index in [1.54, 1.807) is 0 Å². The maximum absolute atomic E-state index is 12.6. The Kier molecular flexibility index (Phi) is 5.85. The van der Waals surface area contributed by atoms with Crippen molar-refractivity contribution in [1.82, 2.24) is 9.97 Å². The SMILES string of the molecule is CCCCCC(C)Nc1cc(C(F)(F)F)nc(Cl)n1. The summed E-state index contributed by atoms with van der Waals surface area (Å²) < 4.78 is 37.7. The highest BCUT2D eigenvalue weighted by atomic mass is 35.5. The van der Waals surface area contributed by atoms with E-state index in [-0.39, 0.29) is 11.9 Å². The summed E-state index contributed by atoms with van der Waals surface area (Å²) in [7, 11) is 0. The minimum absolute atomic E-state index is 0.0404. The lowest BCUT2D eigenvalue weighted by atomic mass is 10.1. The van der Waals surface area contributed by atoms with Gasteiger partial charge in [-0.1, -0.05) is 26.2 Å². The van der Waals surface area contributed by atoms with Crippen LogP contribution in [-0.2, 0) is 6.18 Å². The maximum Gasteiger partial charge on any atom is 0.433 e. The summed E-state index contributed by atoms with van der Waals surface area (Å²) >= 11 is 5.50. The number of halogens is 4. The summed E-state index contributed by atoms with van der Waals surface area (Å²) in [5, 5.41) is 2.51. The van der Waals surface area contributed by atoms with Gasteiger partial charge in [0.25, 0.3) is 0 Å². The van der Waals surface area contributed by atoms with E-state index in [1.165, 1.54) is 0 Å². The molecule has 0 aliphatic heterocycles. The molecule has 1 unspecified atom stereocenters. The smallest absolute Gasteiger partial charge is 0.367 e. The highest BCUT2D eigenvalue weighted by Gasteiger charge is 2.33. The summed E-state index contributed by atoms with van der Waals surface area (Å²) in [6, 6.07) is 0.918. The topological polar surface area (TPSA) is 37.8 Å². The first kappa shape index (κ1) is 16.0. The second kappa shape index (κ2) is 6.93. The van der Waals surface area contributed by atoms with Crippen LogP contribution in [-0.4, -0.2) is 16.0 Å². The fourth-order valence-corrected chi connectivity index (χ4v) is 1.84. The molecule has 0 amide bonds. The van der Waals surface area contributed by atoms with Gasteiger partial charge in [0.05, 0.1) is 0 Å². The molecule has 1 atom stereocenters. The molecule has 0 saturated carbocycles. The zero-order chi connectivity index (χ0) is 14.5. The van der Waals surface area contributed by atoms with Crippen LogP contribution in [0.25, 0.3) is 0 Å². The number of hydrogen-bond acceptors (Lipinski definition) is 3. The van der Waals surface area contributed by atoms with E-state index >= 15 is 0 Å². The molecule has 0 aromatic carbocycles. The van der Waals surface area contributed by atoms with Crippen LogP contribution >= 0.6 is 11.6 Å². The van der Waals surface area contributed by atoms with Crippen LogP contribution in [0.1, 0.15) is 45.2 Å².